The van der Waals surface area contributed by atoms with Crippen LogP contribution in [-0.2, 0) is 9.59 Å². The minimum atomic E-state index is -0.569. The van der Waals surface area contributed by atoms with Crippen molar-refractivity contribution in [2.45, 2.75) is 0 Å². The van der Waals surface area contributed by atoms with Gasteiger partial charge in [-0.2, -0.15) is 5.26 Å². The fourth-order valence-corrected chi connectivity index (χ4v) is 2.65. The Morgan fingerprint density at radius 1 is 0.935 bits per heavy atom. The van der Waals surface area contributed by atoms with Crippen LogP contribution in [-0.4, -0.2) is 18.4 Å². The molecule has 154 valence electrons. The summed E-state index contributed by atoms with van der Waals surface area (Å²) in [5, 5.41) is 14.5. The summed E-state index contributed by atoms with van der Waals surface area (Å²) in [6.07, 6.45) is 1.38. The summed E-state index contributed by atoms with van der Waals surface area (Å²) in [4.78, 5) is 24.5. The number of carbonyl (C=O) groups excluding carboxylic acids is 2. The van der Waals surface area contributed by atoms with Gasteiger partial charge in [-0.05, 0) is 36.4 Å². The summed E-state index contributed by atoms with van der Waals surface area (Å²) in [6, 6.07) is 23.1. The van der Waals surface area contributed by atoms with Gasteiger partial charge in [0.25, 0.3) is 11.8 Å². The molecule has 0 aliphatic heterocycles. The SMILES string of the molecule is N#C/C(=C\c1ccccc1OCC(=O)Nc1ccccc1F)C(=O)Nc1ccccc1. The number of halogens is 1. The lowest BCUT2D eigenvalue weighted by Crippen LogP contribution is -2.21. The van der Waals surface area contributed by atoms with Crippen LogP contribution in [0.3, 0.4) is 0 Å². The Balaban J connectivity index is 1.70. The van der Waals surface area contributed by atoms with Crippen LogP contribution in [0, 0.1) is 17.1 Å². The van der Waals surface area contributed by atoms with E-state index < -0.39 is 17.6 Å². The number of anilines is 2. The van der Waals surface area contributed by atoms with Crippen molar-refractivity contribution in [2.75, 3.05) is 17.2 Å². The second-order valence-electron chi connectivity index (χ2n) is 6.34. The molecule has 0 saturated carbocycles. The van der Waals surface area contributed by atoms with Gasteiger partial charge in [-0.25, -0.2) is 4.39 Å². The number of hydrogen-bond donors (Lipinski definition) is 2. The van der Waals surface area contributed by atoms with Gasteiger partial charge in [-0.15, -0.1) is 0 Å². The van der Waals surface area contributed by atoms with Gasteiger partial charge >= 0.3 is 0 Å². The minimum Gasteiger partial charge on any atom is -0.483 e. The highest BCUT2D eigenvalue weighted by Crippen LogP contribution is 2.22. The molecule has 0 aliphatic carbocycles. The number of nitriles is 1. The maximum absolute atomic E-state index is 13.7. The van der Waals surface area contributed by atoms with E-state index >= 15 is 0 Å². The molecule has 2 amide bonds. The van der Waals surface area contributed by atoms with Gasteiger partial charge in [0.15, 0.2) is 6.61 Å². The largest absolute Gasteiger partial charge is 0.483 e. The highest BCUT2D eigenvalue weighted by molar-refractivity contribution is 6.09. The first-order valence-corrected chi connectivity index (χ1v) is 9.31. The predicted octanol–water partition coefficient (Wildman–Crippen LogP) is 4.39. The van der Waals surface area contributed by atoms with Gasteiger partial charge in [-0.3, -0.25) is 9.59 Å². The van der Waals surface area contributed by atoms with Crippen LogP contribution in [0.2, 0.25) is 0 Å². The van der Waals surface area contributed by atoms with Gasteiger partial charge in [0.2, 0.25) is 0 Å². The quantitative estimate of drug-likeness (QED) is 0.442. The lowest BCUT2D eigenvalue weighted by atomic mass is 10.1. The molecular formula is C24H18FN3O3. The fraction of sp³-hybridized carbons (Fsp3) is 0.0417. The average molecular weight is 415 g/mol. The Bertz CT molecular complexity index is 1150. The second kappa shape index (κ2) is 10.4. The van der Waals surface area contributed by atoms with Crippen molar-refractivity contribution in [2.24, 2.45) is 0 Å². The van der Waals surface area contributed by atoms with E-state index in [9.17, 15) is 19.2 Å². The third kappa shape index (κ3) is 6.02. The van der Waals surface area contributed by atoms with E-state index in [1.807, 2.05) is 12.1 Å². The van der Waals surface area contributed by atoms with Crippen LogP contribution in [0.25, 0.3) is 6.08 Å². The minimum absolute atomic E-state index is 0.0497. The molecule has 0 atom stereocenters. The summed E-state index contributed by atoms with van der Waals surface area (Å²) in [5.41, 5.74) is 0.924. The molecule has 3 aromatic rings. The smallest absolute Gasteiger partial charge is 0.266 e. The van der Waals surface area contributed by atoms with Crippen LogP contribution < -0.4 is 15.4 Å². The van der Waals surface area contributed by atoms with E-state index in [0.717, 1.165) is 0 Å². The van der Waals surface area contributed by atoms with Crippen molar-refractivity contribution >= 4 is 29.3 Å². The summed E-state index contributed by atoms with van der Waals surface area (Å²) in [5.74, 6) is -1.37. The number of para-hydroxylation sites is 3. The zero-order valence-corrected chi connectivity index (χ0v) is 16.3. The van der Waals surface area contributed by atoms with E-state index in [4.69, 9.17) is 4.74 Å². The highest BCUT2D eigenvalue weighted by Gasteiger charge is 2.12. The molecule has 0 spiro atoms. The molecule has 0 heterocycles. The van der Waals surface area contributed by atoms with Crippen LogP contribution in [0.1, 0.15) is 5.56 Å². The van der Waals surface area contributed by atoms with Crippen molar-refractivity contribution in [3.8, 4) is 11.8 Å². The average Bonchev–Trinajstić information content (AvgIpc) is 2.79. The highest BCUT2D eigenvalue weighted by atomic mass is 19.1. The number of carbonyl (C=O) groups is 2. The topological polar surface area (TPSA) is 91.2 Å². The lowest BCUT2D eigenvalue weighted by Gasteiger charge is -2.10. The maximum atomic E-state index is 13.7. The van der Waals surface area contributed by atoms with Crippen molar-refractivity contribution in [1.29, 1.82) is 5.26 Å². The molecular weight excluding hydrogens is 397 g/mol. The van der Waals surface area contributed by atoms with Gasteiger partial charge < -0.3 is 15.4 Å². The third-order valence-electron chi connectivity index (χ3n) is 4.12. The van der Waals surface area contributed by atoms with Gasteiger partial charge in [0.1, 0.15) is 23.2 Å². The molecule has 0 saturated heterocycles. The molecule has 7 heteroatoms. The van der Waals surface area contributed by atoms with Crippen molar-refractivity contribution in [1.82, 2.24) is 0 Å². The van der Waals surface area contributed by atoms with E-state index in [1.165, 1.54) is 24.3 Å². The molecule has 0 aromatic heterocycles. The number of rotatable bonds is 7. The normalized spacial score (nSPS) is 10.6. The molecule has 3 rings (SSSR count). The number of ether oxygens (including phenoxy) is 1. The number of nitrogens with zero attached hydrogens (tertiary/aromatic N) is 1. The molecule has 6 nitrogen and oxygen atoms in total. The number of amides is 2. The van der Waals surface area contributed by atoms with Gasteiger partial charge in [0, 0.05) is 11.3 Å². The summed E-state index contributed by atoms with van der Waals surface area (Å²) >= 11 is 0. The molecule has 0 bridgehead atoms. The van der Waals surface area contributed by atoms with E-state index in [1.54, 1.807) is 54.6 Å². The van der Waals surface area contributed by atoms with Crippen molar-refractivity contribution in [3.63, 3.8) is 0 Å². The van der Waals surface area contributed by atoms with Crippen LogP contribution in [0.5, 0.6) is 5.75 Å². The van der Waals surface area contributed by atoms with Gasteiger partial charge in [-0.1, -0.05) is 48.5 Å². The summed E-state index contributed by atoms with van der Waals surface area (Å²) < 4.78 is 19.2. The molecule has 2 N–H and O–H groups in total. The Morgan fingerprint density at radius 2 is 1.61 bits per heavy atom. The molecule has 0 unspecified atom stereocenters. The Morgan fingerprint density at radius 3 is 2.35 bits per heavy atom. The first-order chi connectivity index (χ1) is 15.1. The molecule has 31 heavy (non-hydrogen) atoms. The van der Waals surface area contributed by atoms with E-state index in [2.05, 4.69) is 10.6 Å². The van der Waals surface area contributed by atoms with Crippen LogP contribution in [0.4, 0.5) is 15.8 Å². The Hall–Kier alpha value is -4.44. The zero-order valence-electron chi connectivity index (χ0n) is 16.3. The monoisotopic (exact) mass is 415 g/mol. The van der Waals surface area contributed by atoms with Crippen molar-refractivity contribution < 1.29 is 18.7 Å². The summed E-state index contributed by atoms with van der Waals surface area (Å²) in [6.45, 7) is -0.378. The maximum Gasteiger partial charge on any atom is 0.266 e. The number of hydrogen-bond acceptors (Lipinski definition) is 4. The third-order valence-corrected chi connectivity index (χ3v) is 4.12. The lowest BCUT2D eigenvalue weighted by molar-refractivity contribution is -0.118. The van der Waals surface area contributed by atoms with E-state index in [0.29, 0.717) is 17.0 Å². The first kappa shape index (κ1) is 21.3. The predicted molar refractivity (Wildman–Crippen MR) is 116 cm³/mol. The van der Waals surface area contributed by atoms with Crippen LogP contribution in [0.15, 0.2) is 84.4 Å². The standard InChI is InChI=1S/C24H18FN3O3/c25-20-11-5-6-12-21(20)28-23(29)16-31-22-13-7-4-8-17(22)14-18(15-26)24(30)27-19-9-2-1-3-10-19/h1-14H,16H2,(H,27,30)(H,28,29)/b18-14+. The second-order valence-corrected chi connectivity index (χ2v) is 6.34. The summed E-state index contributed by atoms with van der Waals surface area (Å²) in [7, 11) is 0. The number of benzene rings is 3. The zero-order chi connectivity index (χ0) is 22.1. The molecule has 0 fully saturated rings. The van der Waals surface area contributed by atoms with E-state index in [-0.39, 0.29) is 17.9 Å². The Kier molecular flexibility index (Phi) is 7.12. The Labute approximate surface area is 178 Å². The van der Waals surface area contributed by atoms with Crippen molar-refractivity contribution in [3.05, 3.63) is 95.8 Å². The molecule has 0 radical (unpaired) electrons. The van der Waals surface area contributed by atoms with Crippen LogP contribution >= 0.6 is 0 Å². The molecule has 3 aromatic carbocycles. The molecule has 0 aliphatic rings. The fourth-order valence-electron chi connectivity index (χ4n) is 2.65. The first-order valence-electron chi connectivity index (χ1n) is 9.31. The number of nitrogens with one attached hydrogen (secondary N) is 2. The van der Waals surface area contributed by atoms with Gasteiger partial charge in [0.05, 0.1) is 5.69 Å².